The highest BCUT2D eigenvalue weighted by atomic mass is 19.3. The predicted octanol–water partition coefficient (Wildman–Crippen LogP) is 10.8. The molecule has 84 heavy (non-hydrogen) atoms. The lowest BCUT2D eigenvalue weighted by Gasteiger charge is -2.36. The van der Waals surface area contributed by atoms with Gasteiger partial charge in [0.25, 0.3) is 11.8 Å². The van der Waals surface area contributed by atoms with Crippen molar-refractivity contribution in [1.29, 1.82) is 0 Å². The molecule has 6 aromatic heterocycles. The standard InChI is InChI=1S/2C29H30F2N8O3/c2*1-17(2)40-22-8-6-20-26(27(22)42-23-9-10-38(4)13-29(23,30)31)28(34-14-32-20)37-19-5-7-21(18(3)11-19)41-25-12-24-33-15-36-39(24)16-35-25/h2*5-8,11-12,14-17,23H,9-10,13H2,1-4H3,(H,32,34,37)/t2*23-/m10/s1. The number of ether oxygens (including phenoxy) is 6. The fraction of sp³-hybridized carbons (Fsp3) is 0.345. The molecule has 2 aliphatic heterocycles. The van der Waals surface area contributed by atoms with Crippen LogP contribution in [-0.4, -0.2) is 145 Å². The highest BCUT2D eigenvalue weighted by molar-refractivity contribution is 5.99. The third-order valence-corrected chi connectivity index (χ3v) is 13.7. The van der Waals surface area contributed by atoms with Gasteiger partial charge in [-0.3, -0.25) is 0 Å². The van der Waals surface area contributed by atoms with Crippen molar-refractivity contribution in [1.82, 2.24) is 68.9 Å². The molecular formula is C58H60F4N16O6. The molecule has 26 heteroatoms. The van der Waals surface area contributed by atoms with Crippen LogP contribution in [0.4, 0.5) is 40.6 Å². The molecule has 2 atom stereocenters. The van der Waals surface area contributed by atoms with E-state index in [1.807, 2.05) is 65.8 Å². The van der Waals surface area contributed by atoms with Crippen molar-refractivity contribution >= 4 is 56.1 Å². The summed E-state index contributed by atoms with van der Waals surface area (Å²) < 4.78 is 99.6. The molecule has 0 amide bonds. The number of fused-ring (bicyclic) bond motifs is 4. The largest absolute Gasteiger partial charge is 0.487 e. The molecular weight excluding hydrogens is 1090 g/mol. The number of aryl methyl sites for hydroxylation is 2. The fourth-order valence-electron chi connectivity index (χ4n) is 9.79. The summed E-state index contributed by atoms with van der Waals surface area (Å²) in [5.41, 5.74) is 5.34. The minimum absolute atomic E-state index is 0.164. The van der Waals surface area contributed by atoms with Crippen LogP contribution in [0.15, 0.2) is 111 Å². The Labute approximate surface area is 479 Å². The SMILES string of the molecule is Cc1cc(Nc2ncnc3ccc(OC(C)C)c(O[C@@H]4CCN(C)CC4(F)F)c23)ccc1Oc1cc2ncnn2cn1.Cc1cc(Nc2ncnc3ccc(OC(C)C)c(O[C@H]4CCN(C)CC4(F)F)c23)ccc1Oc1cc2ncnn2cn1. The van der Waals surface area contributed by atoms with Crippen molar-refractivity contribution in [3.8, 4) is 46.3 Å². The van der Waals surface area contributed by atoms with Crippen LogP contribution in [0.25, 0.3) is 33.1 Å². The molecule has 12 rings (SSSR count). The Hall–Kier alpha value is -9.30. The van der Waals surface area contributed by atoms with Crippen molar-refractivity contribution < 1.29 is 46.0 Å². The minimum Gasteiger partial charge on any atom is -0.487 e. The topological polar surface area (TPSA) is 224 Å². The lowest BCUT2D eigenvalue weighted by molar-refractivity contribution is -0.135. The summed E-state index contributed by atoms with van der Waals surface area (Å²) >= 11 is 0. The first-order chi connectivity index (χ1) is 40.3. The number of hydrogen-bond acceptors (Lipinski definition) is 20. The van der Waals surface area contributed by atoms with Gasteiger partial charge < -0.3 is 48.9 Å². The van der Waals surface area contributed by atoms with Gasteiger partial charge in [-0.05, 0) is 127 Å². The van der Waals surface area contributed by atoms with E-state index >= 15 is 17.6 Å². The summed E-state index contributed by atoms with van der Waals surface area (Å²) in [6.07, 6.45) is 6.02. The smallest absolute Gasteiger partial charge is 0.296 e. The maximum Gasteiger partial charge on any atom is 0.296 e. The number of alkyl halides is 4. The molecule has 22 nitrogen and oxygen atoms in total. The van der Waals surface area contributed by atoms with Gasteiger partial charge in [0, 0.05) is 49.4 Å². The van der Waals surface area contributed by atoms with Crippen LogP contribution in [0.1, 0.15) is 51.7 Å². The van der Waals surface area contributed by atoms with Crippen LogP contribution in [-0.2, 0) is 0 Å². The zero-order chi connectivity index (χ0) is 58.9. The van der Waals surface area contributed by atoms with E-state index in [2.05, 4.69) is 60.7 Å². The number of anilines is 4. The number of aromatic nitrogens is 12. The normalized spacial score (nSPS) is 17.1. The van der Waals surface area contributed by atoms with Gasteiger partial charge in [-0.25, -0.2) is 66.5 Å². The van der Waals surface area contributed by atoms with Crippen LogP contribution >= 0.6 is 0 Å². The van der Waals surface area contributed by atoms with Gasteiger partial charge in [-0.15, -0.1) is 0 Å². The second kappa shape index (κ2) is 23.5. The zero-order valence-corrected chi connectivity index (χ0v) is 47.2. The first kappa shape index (κ1) is 56.6. The van der Waals surface area contributed by atoms with Gasteiger partial charge in [0.1, 0.15) is 61.1 Å². The number of benzene rings is 4. The highest BCUT2D eigenvalue weighted by Crippen LogP contribution is 2.45. The summed E-state index contributed by atoms with van der Waals surface area (Å²) in [7, 11) is 3.35. The van der Waals surface area contributed by atoms with E-state index in [4.69, 9.17) is 28.4 Å². The van der Waals surface area contributed by atoms with Gasteiger partial charge in [0.2, 0.25) is 11.8 Å². The van der Waals surface area contributed by atoms with E-state index in [0.29, 0.717) is 104 Å². The molecule has 0 unspecified atom stereocenters. The molecule has 436 valence electrons. The number of nitrogens with one attached hydrogen (secondary N) is 2. The molecule has 2 N–H and O–H groups in total. The molecule has 4 aromatic carbocycles. The number of rotatable bonds is 16. The Morgan fingerprint density at radius 3 is 1.32 bits per heavy atom. The van der Waals surface area contributed by atoms with Gasteiger partial charge in [0.05, 0.1) is 47.1 Å². The number of nitrogens with zero attached hydrogens (tertiary/aromatic N) is 14. The van der Waals surface area contributed by atoms with Crippen LogP contribution in [0.2, 0.25) is 0 Å². The Morgan fingerprint density at radius 2 is 0.929 bits per heavy atom. The summed E-state index contributed by atoms with van der Waals surface area (Å²) in [5.74, 6) is -2.27. The van der Waals surface area contributed by atoms with Crippen LogP contribution < -0.4 is 39.1 Å². The van der Waals surface area contributed by atoms with Crippen molar-refractivity contribution in [3.63, 3.8) is 0 Å². The van der Waals surface area contributed by atoms with Crippen LogP contribution in [0, 0.1) is 13.8 Å². The monoisotopic (exact) mass is 1150 g/mol. The third-order valence-electron chi connectivity index (χ3n) is 13.7. The van der Waals surface area contributed by atoms with E-state index in [0.717, 1.165) is 11.1 Å². The first-order valence-electron chi connectivity index (χ1n) is 27.1. The van der Waals surface area contributed by atoms with E-state index < -0.39 is 24.1 Å². The van der Waals surface area contributed by atoms with Crippen molar-refractivity contribution in [2.75, 3.05) is 50.9 Å². The van der Waals surface area contributed by atoms with E-state index in [1.165, 1.54) is 38.0 Å². The lowest BCUT2D eigenvalue weighted by Crippen LogP contribution is -2.52. The van der Waals surface area contributed by atoms with Gasteiger partial charge in [0.15, 0.2) is 46.5 Å². The molecule has 0 radical (unpaired) electrons. The van der Waals surface area contributed by atoms with E-state index in [1.54, 1.807) is 81.5 Å². The Bertz CT molecular complexity index is 3750. The highest BCUT2D eigenvalue weighted by Gasteiger charge is 2.47. The molecule has 2 fully saturated rings. The minimum atomic E-state index is -3.05. The molecule has 0 aliphatic carbocycles. The molecule has 2 aliphatic rings. The average molecular weight is 1150 g/mol. The van der Waals surface area contributed by atoms with Gasteiger partial charge in [-0.2, -0.15) is 10.2 Å². The maximum absolute atomic E-state index is 15.1. The molecule has 10 aromatic rings. The second-order valence-corrected chi connectivity index (χ2v) is 21.1. The second-order valence-electron chi connectivity index (χ2n) is 21.1. The van der Waals surface area contributed by atoms with Crippen molar-refractivity contribution in [3.05, 3.63) is 122 Å². The summed E-state index contributed by atoms with van der Waals surface area (Å²) in [6, 6.07) is 21.3. The first-order valence-corrected chi connectivity index (χ1v) is 27.1. The van der Waals surface area contributed by atoms with Gasteiger partial charge >= 0.3 is 0 Å². The molecule has 8 heterocycles. The quantitative estimate of drug-likeness (QED) is 0.0858. The third kappa shape index (κ3) is 12.5. The maximum atomic E-state index is 15.1. The number of halogens is 4. The van der Waals surface area contributed by atoms with Crippen LogP contribution in [0.5, 0.6) is 46.3 Å². The lowest BCUT2D eigenvalue weighted by atomic mass is 10.0. The Kier molecular flexibility index (Phi) is 15.8. The predicted molar refractivity (Wildman–Crippen MR) is 304 cm³/mol. The van der Waals surface area contributed by atoms with Crippen molar-refractivity contribution in [2.45, 2.75) is 90.6 Å². The summed E-state index contributed by atoms with van der Waals surface area (Å²) in [5, 5.41) is 15.6. The Morgan fingerprint density at radius 1 is 0.512 bits per heavy atom. The average Bonchev–Trinajstić information content (AvgIpc) is 1.68. The Balaban J connectivity index is 0.000000175. The number of likely N-dealkylation sites (tertiary alicyclic amines) is 2. The summed E-state index contributed by atoms with van der Waals surface area (Å²) in [6.45, 7) is 11.5. The molecule has 2 saturated heterocycles. The molecule has 0 spiro atoms. The molecule has 0 saturated carbocycles. The van der Waals surface area contributed by atoms with E-state index in [9.17, 15) is 0 Å². The summed E-state index contributed by atoms with van der Waals surface area (Å²) in [4.78, 5) is 37.7. The number of piperidine rings is 2. The van der Waals surface area contributed by atoms with Gasteiger partial charge in [-0.1, -0.05) is 0 Å². The zero-order valence-electron chi connectivity index (χ0n) is 47.2. The fourth-order valence-corrected chi connectivity index (χ4v) is 9.79. The van der Waals surface area contributed by atoms with Crippen LogP contribution in [0.3, 0.4) is 0 Å². The molecule has 0 bridgehead atoms. The number of hydrogen-bond donors (Lipinski definition) is 2. The van der Waals surface area contributed by atoms with E-state index in [-0.39, 0.29) is 49.6 Å². The van der Waals surface area contributed by atoms with Crippen molar-refractivity contribution in [2.24, 2.45) is 0 Å².